The van der Waals surface area contributed by atoms with Crippen LogP contribution in [0.3, 0.4) is 0 Å². The van der Waals surface area contributed by atoms with E-state index in [0.29, 0.717) is 13.0 Å². The molecule has 0 aliphatic heterocycles. The zero-order valence-electron chi connectivity index (χ0n) is 16.4. The monoisotopic (exact) mass is 381 g/mol. The average molecular weight is 381 g/mol. The molecule has 0 aromatic heterocycles. The van der Waals surface area contributed by atoms with E-state index in [1.54, 1.807) is 0 Å². The second kappa shape index (κ2) is 8.46. The van der Waals surface area contributed by atoms with Crippen LogP contribution >= 0.6 is 0 Å². The molecule has 0 heterocycles. The van der Waals surface area contributed by atoms with Crippen LogP contribution in [0.5, 0.6) is 5.75 Å². The average Bonchev–Trinajstić information content (AvgIpc) is 3.48. The summed E-state index contributed by atoms with van der Waals surface area (Å²) < 4.78 is 5.41. The normalized spacial score (nSPS) is 15.5. The van der Waals surface area contributed by atoms with Crippen LogP contribution in [0.25, 0.3) is 0 Å². The Labute approximate surface area is 165 Å². The van der Waals surface area contributed by atoms with Crippen LogP contribution in [0.15, 0.2) is 48.5 Å². The van der Waals surface area contributed by atoms with Crippen LogP contribution in [-0.4, -0.2) is 30.1 Å². The Balaban J connectivity index is 1.62. The Kier molecular flexibility index (Phi) is 6.02. The molecule has 0 saturated heterocycles. The van der Waals surface area contributed by atoms with Crippen LogP contribution in [-0.2, 0) is 21.4 Å². The highest BCUT2D eigenvalue weighted by atomic mass is 16.5. The fraction of sp³-hybridized carbons (Fsp3) is 0.391. The van der Waals surface area contributed by atoms with E-state index in [1.807, 2.05) is 62.4 Å². The van der Waals surface area contributed by atoms with E-state index in [2.05, 4.69) is 5.32 Å². The number of ether oxygens (including phenoxy) is 1. The number of aliphatic carboxylic acids is 1. The first-order chi connectivity index (χ1) is 13.4. The van der Waals surface area contributed by atoms with Gasteiger partial charge < -0.3 is 15.2 Å². The second-order valence-corrected chi connectivity index (χ2v) is 7.48. The molecule has 5 heteroatoms. The lowest BCUT2D eigenvalue weighted by Crippen LogP contribution is -2.40. The summed E-state index contributed by atoms with van der Waals surface area (Å²) in [7, 11) is 0. The number of rotatable bonds is 9. The van der Waals surface area contributed by atoms with Crippen molar-refractivity contribution in [3.63, 3.8) is 0 Å². The van der Waals surface area contributed by atoms with Gasteiger partial charge in [0.2, 0.25) is 5.91 Å². The van der Waals surface area contributed by atoms with Crippen molar-refractivity contribution in [2.75, 3.05) is 13.2 Å². The Morgan fingerprint density at radius 3 is 2.46 bits per heavy atom. The molecule has 28 heavy (non-hydrogen) atoms. The molecule has 1 aliphatic rings. The third-order valence-corrected chi connectivity index (χ3v) is 5.33. The summed E-state index contributed by atoms with van der Waals surface area (Å²) in [5.41, 5.74) is 2.55. The van der Waals surface area contributed by atoms with Gasteiger partial charge in [-0.2, -0.15) is 0 Å². The maximum absolute atomic E-state index is 12.8. The van der Waals surface area contributed by atoms with Crippen molar-refractivity contribution in [1.29, 1.82) is 0 Å². The van der Waals surface area contributed by atoms with E-state index in [4.69, 9.17) is 4.74 Å². The Morgan fingerprint density at radius 2 is 1.89 bits per heavy atom. The second-order valence-electron chi connectivity index (χ2n) is 7.48. The topological polar surface area (TPSA) is 75.6 Å². The van der Waals surface area contributed by atoms with E-state index in [0.717, 1.165) is 35.3 Å². The number of aryl methyl sites for hydroxylation is 1. The molecule has 0 bridgehead atoms. The number of carboxylic acids is 1. The van der Waals surface area contributed by atoms with E-state index < -0.39 is 17.3 Å². The fourth-order valence-corrected chi connectivity index (χ4v) is 3.52. The highest BCUT2D eigenvalue weighted by Crippen LogP contribution is 2.48. The predicted molar refractivity (Wildman–Crippen MR) is 108 cm³/mol. The van der Waals surface area contributed by atoms with Gasteiger partial charge in [-0.1, -0.05) is 42.0 Å². The summed E-state index contributed by atoms with van der Waals surface area (Å²) in [5, 5.41) is 12.5. The van der Waals surface area contributed by atoms with E-state index in [9.17, 15) is 14.7 Å². The molecular weight excluding hydrogens is 354 g/mol. The first-order valence-electron chi connectivity index (χ1n) is 9.74. The van der Waals surface area contributed by atoms with E-state index >= 15 is 0 Å². The molecule has 1 aliphatic carbocycles. The fourth-order valence-electron chi connectivity index (χ4n) is 3.52. The molecule has 1 unspecified atom stereocenters. The van der Waals surface area contributed by atoms with Crippen LogP contribution in [0, 0.1) is 12.8 Å². The van der Waals surface area contributed by atoms with Crippen LogP contribution in [0.4, 0.5) is 0 Å². The first-order valence-corrected chi connectivity index (χ1v) is 9.74. The number of carboxylic acid groups (broad SMARTS) is 1. The molecular formula is C23H27NO4. The van der Waals surface area contributed by atoms with Gasteiger partial charge in [-0.15, -0.1) is 0 Å². The van der Waals surface area contributed by atoms with Gasteiger partial charge in [0, 0.05) is 6.54 Å². The number of nitrogens with one attached hydrogen (secondary N) is 1. The highest BCUT2D eigenvalue weighted by molar-refractivity contribution is 5.91. The Morgan fingerprint density at radius 1 is 1.18 bits per heavy atom. The minimum Gasteiger partial charge on any atom is -0.494 e. The standard InChI is InChI=1S/C23H27NO4/c1-3-28-20-9-7-17(8-10-20)14-18(21(25)26)15-24-22(27)23(11-12-23)19-6-4-5-16(2)13-19/h4-10,13,18H,3,11-12,14-15H2,1-2H3,(H,24,27)(H,25,26). The van der Waals surface area contributed by atoms with Gasteiger partial charge in [-0.05, 0) is 56.4 Å². The number of carbonyl (C=O) groups is 2. The van der Waals surface area contributed by atoms with Crippen LogP contribution in [0.1, 0.15) is 36.5 Å². The quantitative estimate of drug-likeness (QED) is 0.697. The highest BCUT2D eigenvalue weighted by Gasteiger charge is 2.51. The number of carbonyl (C=O) groups excluding carboxylic acids is 1. The van der Waals surface area contributed by atoms with E-state index in [1.165, 1.54) is 0 Å². The summed E-state index contributed by atoms with van der Waals surface area (Å²) in [6.45, 7) is 4.63. The van der Waals surface area contributed by atoms with Gasteiger partial charge in [-0.3, -0.25) is 9.59 Å². The van der Waals surface area contributed by atoms with Crippen molar-refractivity contribution in [2.45, 2.75) is 38.5 Å². The molecule has 3 rings (SSSR count). The van der Waals surface area contributed by atoms with Crippen LogP contribution in [0.2, 0.25) is 0 Å². The minimum atomic E-state index is -0.908. The van der Waals surface area contributed by atoms with E-state index in [-0.39, 0.29) is 12.5 Å². The Hall–Kier alpha value is -2.82. The third kappa shape index (κ3) is 4.53. The van der Waals surface area contributed by atoms with Gasteiger partial charge in [0.05, 0.1) is 17.9 Å². The zero-order chi connectivity index (χ0) is 20.1. The first kappa shape index (κ1) is 19.9. The molecule has 2 aromatic carbocycles. The summed E-state index contributed by atoms with van der Waals surface area (Å²) in [4.78, 5) is 24.5. The largest absolute Gasteiger partial charge is 0.494 e. The summed E-state index contributed by atoms with van der Waals surface area (Å²) in [6.07, 6.45) is 1.97. The third-order valence-electron chi connectivity index (χ3n) is 5.33. The van der Waals surface area contributed by atoms with Gasteiger partial charge in [0.1, 0.15) is 5.75 Å². The number of hydrogen-bond donors (Lipinski definition) is 2. The SMILES string of the molecule is CCOc1ccc(CC(CNC(=O)C2(c3cccc(C)c3)CC2)C(=O)O)cc1. The lowest BCUT2D eigenvalue weighted by atomic mass is 9.93. The number of amides is 1. The molecule has 1 fully saturated rings. The number of hydrogen-bond acceptors (Lipinski definition) is 3. The van der Waals surface area contributed by atoms with Crippen molar-refractivity contribution in [3.05, 3.63) is 65.2 Å². The lowest BCUT2D eigenvalue weighted by Gasteiger charge is -2.19. The minimum absolute atomic E-state index is 0.0731. The van der Waals surface area contributed by atoms with Gasteiger partial charge in [-0.25, -0.2) is 0 Å². The molecule has 148 valence electrons. The van der Waals surface area contributed by atoms with Gasteiger partial charge in [0.15, 0.2) is 0 Å². The molecule has 1 atom stereocenters. The lowest BCUT2D eigenvalue weighted by molar-refractivity contribution is -0.141. The molecule has 0 spiro atoms. The predicted octanol–water partition coefficient (Wildman–Crippen LogP) is 3.49. The van der Waals surface area contributed by atoms with Gasteiger partial charge in [0.25, 0.3) is 0 Å². The van der Waals surface area contributed by atoms with Crippen molar-refractivity contribution >= 4 is 11.9 Å². The molecule has 0 radical (unpaired) electrons. The summed E-state index contributed by atoms with van der Waals surface area (Å²) in [6, 6.07) is 15.4. The summed E-state index contributed by atoms with van der Waals surface area (Å²) in [5.74, 6) is -0.888. The van der Waals surface area contributed by atoms with Crippen molar-refractivity contribution in [2.24, 2.45) is 5.92 Å². The van der Waals surface area contributed by atoms with Crippen molar-refractivity contribution < 1.29 is 19.4 Å². The smallest absolute Gasteiger partial charge is 0.308 e. The summed E-state index contributed by atoms with van der Waals surface area (Å²) >= 11 is 0. The van der Waals surface area contributed by atoms with Crippen LogP contribution < -0.4 is 10.1 Å². The zero-order valence-corrected chi connectivity index (χ0v) is 16.4. The molecule has 2 N–H and O–H groups in total. The molecule has 5 nitrogen and oxygen atoms in total. The molecule has 1 saturated carbocycles. The van der Waals surface area contributed by atoms with Crippen molar-refractivity contribution in [3.8, 4) is 5.75 Å². The maximum atomic E-state index is 12.8. The Bertz CT molecular complexity index is 840. The van der Waals surface area contributed by atoms with Gasteiger partial charge >= 0.3 is 5.97 Å². The maximum Gasteiger partial charge on any atom is 0.308 e. The molecule has 2 aromatic rings. The van der Waals surface area contributed by atoms with Crippen molar-refractivity contribution in [1.82, 2.24) is 5.32 Å². The number of benzene rings is 2. The molecule has 1 amide bonds.